The lowest BCUT2D eigenvalue weighted by molar-refractivity contribution is -0.385. The number of nitrogens with zero attached hydrogens (tertiary/aromatic N) is 2. The number of benzene rings is 2. The van der Waals surface area contributed by atoms with E-state index >= 15 is 0 Å². The summed E-state index contributed by atoms with van der Waals surface area (Å²) >= 11 is 6.07. The molecular formula is C23H28ClN3O6. The Hall–Kier alpha value is -3.33. The van der Waals surface area contributed by atoms with Gasteiger partial charge in [0.2, 0.25) is 11.7 Å². The Morgan fingerprint density at radius 3 is 2.52 bits per heavy atom. The molecule has 0 aliphatic heterocycles. The lowest BCUT2D eigenvalue weighted by Crippen LogP contribution is -2.49. The van der Waals surface area contributed by atoms with Crippen LogP contribution in [0.3, 0.4) is 0 Å². The zero-order valence-corrected chi connectivity index (χ0v) is 19.8. The summed E-state index contributed by atoms with van der Waals surface area (Å²) in [6, 6.07) is 10.2. The maximum absolute atomic E-state index is 13.1. The highest BCUT2D eigenvalue weighted by Gasteiger charge is 2.27. The zero-order chi connectivity index (χ0) is 24.5. The van der Waals surface area contributed by atoms with Crippen molar-refractivity contribution in [3.05, 3.63) is 63.2 Å². The summed E-state index contributed by atoms with van der Waals surface area (Å²) in [5, 5.41) is 14.4. The second-order valence-electron chi connectivity index (χ2n) is 7.85. The first-order chi connectivity index (χ1) is 15.6. The number of nitrogens with one attached hydrogen (secondary N) is 1. The Morgan fingerprint density at radius 1 is 1.18 bits per heavy atom. The third-order valence-electron chi connectivity index (χ3n) is 4.80. The van der Waals surface area contributed by atoms with Gasteiger partial charge in [-0.2, -0.15) is 0 Å². The van der Waals surface area contributed by atoms with E-state index in [0.717, 1.165) is 5.56 Å². The molecule has 0 saturated carbocycles. The van der Waals surface area contributed by atoms with Crippen LogP contribution < -0.4 is 14.8 Å². The molecule has 33 heavy (non-hydrogen) atoms. The number of hydrogen-bond donors (Lipinski definition) is 1. The van der Waals surface area contributed by atoms with Gasteiger partial charge in [0.05, 0.1) is 12.0 Å². The minimum absolute atomic E-state index is 0.0159. The van der Waals surface area contributed by atoms with Gasteiger partial charge in [0, 0.05) is 30.2 Å². The van der Waals surface area contributed by atoms with Crippen molar-refractivity contribution in [1.82, 2.24) is 10.2 Å². The van der Waals surface area contributed by atoms with Gasteiger partial charge in [0.1, 0.15) is 11.8 Å². The number of carbonyl (C=O) groups is 2. The van der Waals surface area contributed by atoms with E-state index in [0.29, 0.717) is 11.6 Å². The van der Waals surface area contributed by atoms with Crippen LogP contribution in [0.1, 0.15) is 26.3 Å². The van der Waals surface area contributed by atoms with E-state index in [2.05, 4.69) is 5.32 Å². The molecule has 0 spiro atoms. The number of ether oxygens (including phenoxy) is 2. The fourth-order valence-corrected chi connectivity index (χ4v) is 3.21. The van der Waals surface area contributed by atoms with Gasteiger partial charge < -0.3 is 19.7 Å². The van der Waals surface area contributed by atoms with Crippen LogP contribution in [0.2, 0.25) is 5.02 Å². The van der Waals surface area contributed by atoms with Crippen LogP contribution in [-0.2, 0) is 16.1 Å². The van der Waals surface area contributed by atoms with Gasteiger partial charge in [0.25, 0.3) is 5.91 Å². The van der Waals surface area contributed by atoms with Crippen molar-refractivity contribution in [3.8, 4) is 11.5 Å². The number of nitro groups is 1. The van der Waals surface area contributed by atoms with Gasteiger partial charge in [0.15, 0.2) is 6.61 Å². The number of amides is 2. The standard InChI is InChI=1S/C23H28ClN3O6/c1-15(2)12-25-23(29)16(3)26(13-17-6-5-7-18(24)10-17)22(28)14-33-19-8-9-20(27(30)31)21(11-19)32-4/h5-11,15-16H,12-14H2,1-4H3,(H,25,29)/t16-/m1/s1. The first-order valence-electron chi connectivity index (χ1n) is 10.4. The molecule has 0 fully saturated rings. The number of carbonyl (C=O) groups excluding carboxylic acids is 2. The molecule has 2 rings (SSSR count). The molecule has 1 atom stereocenters. The maximum Gasteiger partial charge on any atom is 0.311 e. The number of rotatable bonds is 11. The van der Waals surface area contributed by atoms with E-state index in [1.54, 1.807) is 25.1 Å². The molecule has 0 heterocycles. The van der Waals surface area contributed by atoms with E-state index < -0.39 is 16.9 Å². The van der Waals surface area contributed by atoms with Crippen molar-refractivity contribution < 1.29 is 24.0 Å². The van der Waals surface area contributed by atoms with Crippen LogP contribution in [0.4, 0.5) is 5.69 Å². The van der Waals surface area contributed by atoms with Gasteiger partial charge in [-0.25, -0.2) is 0 Å². The van der Waals surface area contributed by atoms with E-state index in [-0.39, 0.29) is 42.2 Å². The number of methoxy groups -OCH3 is 1. The number of nitro benzene ring substituents is 1. The summed E-state index contributed by atoms with van der Waals surface area (Å²) in [5.41, 5.74) is 0.547. The summed E-state index contributed by atoms with van der Waals surface area (Å²) in [5.74, 6) is -0.207. The first kappa shape index (κ1) is 25.9. The number of halogens is 1. The lowest BCUT2D eigenvalue weighted by atomic mass is 10.1. The average Bonchev–Trinajstić information content (AvgIpc) is 2.78. The third-order valence-corrected chi connectivity index (χ3v) is 5.04. The van der Waals surface area contributed by atoms with Crippen molar-refractivity contribution in [2.45, 2.75) is 33.4 Å². The van der Waals surface area contributed by atoms with Gasteiger partial charge in [-0.15, -0.1) is 0 Å². The largest absolute Gasteiger partial charge is 0.490 e. The molecule has 2 amide bonds. The summed E-state index contributed by atoms with van der Waals surface area (Å²) in [6.07, 6.45) is 0. The predicted octanol–water partition coefficient (Wildman–Crippen LogP) is 3.83. The van der Waals surface area contributed by atoms with E-state index in [9.17, 15) is 19.7 Å². The van der Waals surface area contributed by atoms with Gasteiger partial charge in [-0.3, -0.25) is 19.7 Å². The van der Waals surface area contributed by atoms with Crippen molar-refractivity contribution in [1.29, 1.82) is 0 Å². The molecule has 0 aromatic heterocycles. The topological polar surface area (TPSA) is 111 Å². The molecule has 10 heteroatoms. The zero-order valence-electron chi connectivity index (χ0n) is 19.0. The summed E-state index contributed by atoms with van der Waals surface area (Å²) < 4.78 is 10.6. The smallest absolute Gasteiger partial charge is 0.311 e. The Kier molecular flexibility index (Phi) is 9.47. The normalized spacial score (nSPS) is 11.6. The molecule has 0 radical (unpaired) electrons. The summed E-state index contributed by atoms with van der Waals surface area (Å²) in [4.78, 5) is 37.6. The van der Waals surface area contributed by atoms with E-state index in [4.69, 9.17) is 21.1 Å². The van der Waals surface area contributed by atoms with E-state index in [1.165, 1.54) is 30.2 Å². The highest BCUT2D eigenvalue weighted by molar-refractivity contribution is 6.30. The maximum atomic E-state index is 13.1. The molecule has 178 valence electrons. The minimum atomic E-state index is -0.759. The Labute approximate surface area is 197 Å². The van der Waals surface area contributed by atoms with Crippen LogP contribution in [0.5, 0.6) is 11.5 Å². The van der Waals surface area contributed by atoms with Crippen molar-refractivity contribution in [3.63, 3.8) is 0 Å². The highest BCUT2D eigenvalue weighted by Crippen LogP contribution is 2.30. The van der Waals surface area contributed by atoms with Crippen molar-refractivity contribution >= 4 is 29.1 Å². The summed E-state index contributed by atoms with van der Waals surface area (Å²) in [7, 11) is 1.31. The molecule has 0 aliphatic carbocycles. The molecule has 0 aliphatic rings. The van der Waals surface area contributed by atoms with Gasteiger partial charge >= 0.3 is 5.69 Å². The summed E-state index contributed by atoms with van der Waals surface area (Å²) in [6.45, 7) is 5.87. The fourth-order valence-electron chi connectivity index (χ4n) is 2.99. The molecule has 0 unspecified atom stereocenters. The van der Waals surface area contributed by atoms with Crippen LogP contribution in [-0.4, -0.2) is 47.9 Å². The molecule has 2 aromatic rings. The molecule has 0 saturated heterocycles. The predicted molar refractivity (Wildman–Crippen MR) is 124 cm³/mol. The van der Waals surface area contributed by atoms with Crippen molar-refractivity contribution in [2.75, 3.05) is 20.3 Å². The quantitative estimate of drug-likeness (QED) is 0.389. The molecule has 0 bridgehead atoms. The van der Waals surface area contributed by atoms with Crippen LogP contribution in [0.25, 0.3) is 0 Å². The fraction of sp³-hybridized carbons (Fsp3) is 0.391. The highest BCUT2D eigenvalue weighted by atomic mass is 35.5. The van der Waals surface area contributed by atoms with Gasteiger partial charge in [-0.05, 0) is 36.6 Å². The van der Waals surface area contributed by atoms with Crippen LogP contribution >= 0.6 is 11.6 Å². The van der Waals surface area contributed by atoms with E-state index in [1.807, 2.05) is 19.9 Å². The second kappa shape index (κ2) is 12.1. The monoisotopic (exact) mass is 477 g/mol. The molecule has 1 N–H and O–H groups in total. The van der Waals surface area contributed by atoms with Crippen LogP contribution in [0.15, 0.2) is 42.5 Å². The van der Waals surface area contributed by atoms with Crippen molar-refractivity contribution in [2.24, 2.45) is 5.92 Å². The second-order valence-corrected chi connectivity index (χ2v) is 8.28. The Bertz CT molecular complexity index is 998. The third kappa shape index (κ3) is 7.64. The first-order valence-corrected chi connectivity index (χ1v) is 10.8. The Morgan fingerprint density at radius 2 is 1.91 bits per heavy atom. The SMILES string of the molecule is COc1cc(OCC(=O)N(Cc2cccc(Cl)c2)[C@H](C)C(=O)NCC(C)C)ccc1[N+](=O)[O-]. The van der Waals surface area contributed by atoms with Gasteiger partial charge in [-0.1, -0.05) is 37.6 Å². The number of hydrogen-bond acceptors (Lipinski definition) is 6. The molecular weight excluding hydrogens is 450 g/mol. The Balaban J connectivity index is 2.18. The minimum Gasteiger partial charge on any atom is -0.490 e. The average molecular weight is 478 g/mol. The lowest BCUT2D eigenvalue weighted by Gasteiger charge is -2.29. The molecule has 2 aromatic carbocycles. The molecule has 9 nitrogen and oxygen atoms in total. The van der Waals surface area contributed by atoms with Crippen LogP contribution in [0, 0.1) is 16.0 Å².